The predicted octanol–water partition coefficient (Wildman–Crippen LogP) is 2.22. The van der Waals surface area contributed by atoms with Crippen molar-refractivity contribution in [1.29, 1.82) is 0 Å². The average molecular weight is 233 g/mol. The van der Waals surface area contributed by atoms with E-state index in [4.69, 9.17) is 5.11 Å². The van der Waals surface area contributed by atoms with E-state index < -0.39 is 5.97 Å². The van der Waals surface area contributed by atoms with Crippen LogP contribution in [-0.2, 0) is 4.79 Å². The molecular formula is C11H23NO2S. The van der Waals surface area contributed by atoms with Crippen LogP contribution in [0.15, 0.2) is 0 Å². The molecule has 0 rings (SSSR count). The van der Waals surface area contributed by atoms with Gasteiger partial charge in [-0.2, -0.15) is 11.8 Å². The first-order chi connectivity index (χ1) is 7.11. The molecule has 90 valence electrons. The highest BCUT2D eigenvalue weighted by Gasteiger charge is 2.16. The Bertz CT molecular complexity index is 176. The molecule has 0 aliphatic rings. The summed E-state index contributed by atoms with van der Waals surface area (Å²) in [5.74, 6) is 0.885. The van der Waals surface area contributed by atoms with Crippen LogP contribution in [0.4, 0.5) is 0 Å². The molecule has 0 bridgehead atoms. The van der Waals surface area contributed by atoms with Gasteiger partial charge in [-0.05, 0) is 30.9 Å². The molecule has 0 saturated heterocycles. The quantitative estimate of drug-likeness (QED) is 0.641. The molecule has 0 amide bonds. The van der Waals surface area contributed by atoms with Gasteiger partial charge in [-0.15, -0.1) is 0 Å². The molecule has 0 aromatic carbocycles. The molecule has 0 aromatic rings. The van der Waals surface area contributed by atoms with Gasteiger partial charge in [0.15, 0.2) is 0 Å². The van der Waals surface area contributed by atoms with Gasteiger partial charge in [-0.25, -0.2) is 0 Å². The maximum Gasteiger partial charge on any atom is 0.320 e. The molecule has 0 heterocycles. The van der Waals surface area contributed by atoms with Crippen LogP contribution >= 0.6 is 11.8 Å². The fourth-order valence-corrected chi connectivity index (χ4v) is 2.09. The van der Waals surface area contributed by atoms with Crippen molar-refractivity contribution in [3.63, 3.8) is 0 Å². The van der Waals surface area contributed by atoms with Crippen LogP contribution in [0.3, 0.4) is 0 Å². The summed E-state index contributed by atoms with van der Waals surface area (Å²) >= 11 is 1.80. The number of carboxylic acid groups (broad SMARTS) is 1. The highest BCUT2D eigenvalue weighted by molar-refractivity contribution is 7.98. The van der Waals surface area contributed by atoms with Gasteiger partial charge in [0, 0.05) is 0 Å². The van der Waals surface area contributed by atoms with Gasteiger partial charge in [0.1, 0.15) is 6.04 Å². The number of hydrogen-bond acceptors (Lipinski definition) is 3. The summed E-state index contributed by atoms with van der Waals surface area (Å²) in [5, 5.41) is 12.1. The zero-order valence-electron chi connectivity index (χ0n) is 9.95. The Labute approximate surface area is 97.0 Å². The average Bonchev–Trinajstić information content (AvgIpc) is 2.17. The monoisotopic (exact) mass is 233 g/mol. The van der Waals surface area contributed by atoms with Gasteiger partial charge in [0.05, 0.1) is 0 Å². The van der Waals surface area contributed by atoms with Crippen LogP contribution in [0, 0.1) is 5.92 Å². The lowest BCUT2D eigenvalue weighted by Gasteiger charge is -2.17. The first kappa shape index (κ1) is 14.8. The second kappa shape index (κ2) is 9.04. The predicted molar refractivity (Wildman–Crippen MR) is 66.5 cm³/mol. The number of aliphatic carboxylic acids is 1. The van der Waals surface area contributed by atoms with Crippen LogP contribution in [0.25, 0.3) is 0 Å². The molecule has 2 unspecified atom stereocenters. The lowest BCUT2D eigenvalue weighted by molar-refractivity contribution is -0.139. The molecule has 0 aliphatic heterocycles. The number of carbonyl (C=O) groups is 1. The minimum absolute atomic E-state index is 0.366. The lowest BCUT2D eigenvalue weighted by atomic mass is 10.1. The van der Waals surface area contributed by atoms with Crippen LogP contribution in [0.1, 0.15) is 33.1 Å². The zero-order valence-corrected chi connectivity index (χ0v) is 10.8. The van der Waals surface area contributed by atoms with Crippen molar-refractivity contribution in [2.24, 2.45) is 5.92 Å². The van der Waals surface area contributed by atoms with E-state index in [0.29, 0.717) is 5.92 Å². The molecule has 3 nitrogen and oxygen atoms in total. The van der Waals surface area contributed by atoms with Gasteiger partial charge in [0.2, 0.25) is 0 Å². The first-order valence-corrected chi connectivity index (χ1v) is 6.96. The number of nitrogens with one attached hydrogen (secondary N) is 1. The first-order valence-electron chi connectivity index (χ1n) is 5.56. The lowest BCUT2D eigenvalue weighted by Crippen LogP contribution is -2.39. The fourth-order valence-electron chi connectivity index (χ4n) is 1.41. The molecule has 4 heteroatoms. The smallest absolute Gasteiger partial charge is 0.320 e. The summed E-state index contributed by atoms with van der Waals surface area (Å²) in [6.45, 7) is 5.01. The number of carboxylic acids is 1. The summed E-state index contributed by atoms with van der Waals surface area (Å²) in [6, 6.07) is -0.366. The molecule has 2 N–H and O–H groups in total. The Morgan fingerprint density at radius 1 is 1.53 bits per heavy atom. The number of unbranched alkanes of at least 4 members (excludes halogenated alkanes) is 1. The highest BCUT2D eigenvalue weighted by Crippen LogP contribution is 2.05. The van der Waals surface area contributed by atoms with Crippen LogP contribution < -0.4 is 5.32 Å². The molecule has 0 aliphatic carbocycles. The SMILES string of the molecule is CCCCC(NCC(C)CSC)C(=O)O. The molecule has 2 atom stereocenters. The van der Waals surface area contributed by atoms with E-state index in [1.807, 2.05) is 0 Å². The maximum atomic E-state index is 10.9. The van der Waals surface area contributed by atoms with E-state index in [-0.39, 0.29) is 6.04 Å². The normalized spacial score (nSPS) is 14.9. The summed E-state index contributed by atoms with van der Waals surface area (Å²) in [4.78, 5) is 10.9. The second-order valence-electron chi connectivity index (χ2n) is 4.00. The Morgan fingerprint density at radius 3 is 2.67 bits per heavy atom. The van der Waals surface area contributed by atoms with E-state index >= 15 is 0 Å². The summed E-state index contributed by atoms with van der Waals surface area (Å²) < 4.78 is 0. The van der Waals surface area contributed by atoms with Gasteiger partial charge >= 0.3 is 5.97 Å². The molecule has 0 fully saturated rings. The van der Waals surface area contributed by atoms with Crippen LogP contribution in [-0.4, -0.2) is 35.7 Å². The van der Waals surface area contributed by atoms with E-state index in [1.54, 1.807) is 11.8 Å². The van der Waals surface area contributed by atoms with E-state index in [1.165, 1.54) is 0 Å². The van der Waals surface area contributed by atoms with Gasteiger partial charge in [0.25, 0.3) is 0 Å². The van der Waals surface area contributed by atoms with Crippen molar-refractivity contribution in [1.82, 2.24) is 5.32 Å². The number of thioether (sulfide) groups is 1. The van der Waals surface area contributed by atoms with Crippen molar-refractivity contribution < 1.29 is 9.90 Å². The van der Waals surface area contributed by atoms with Crippen molar-refractivity contribution in [3.8, 4) is 0 Å². The molecule has 15 heavy (non-hydrogen) atoms. The third-order valence-corrected chi connectivity index (χ3v) is 3.21. The molecule has 0 radical (unpaired) electrons. The van der Waals surface area contributed by atoms with Crippen molar-refractivity contribution in [3.05, 3.63) is 0 Å². The van der Waals surface area contributed by atoms with Gasteiger partial charge < -0.3 is 10.4 Å². The van der Waals surface area contributed by atoms with Crippen LogP contribution in [0.2, 0.25) is 0 Å². The third-order valence-electron chi connectivity index (χ3n) is 2.31. The summed E-state index contributed by atoms with van der Waals surface area (Å²) in [5.41, 5.74) is 0. The molecule has 0 spiro atoms. The second-order valence-corrected chi connectivity index (χ2v) is 4.91. The fraction of sp³-hybridized carbons (Fsp3) is 0.909. The Balaban J connectivity index is 3.79. The summed E-state index contributed by atoms with van der Waals surface area (Å²) in [6.07, 6.45) is 4.83. The Kier molecular flexibility index (Phi) is 8.91. The van der Waals surface area contributed by atoms with Gasteiger partial charge in [-0.3, -0.25) is 4.79 Å². The van der Waals surface area contributed by atoms with E-state index in [0.717, 1.165) is 31.6 Å². The van der Waals surface area contributed by atoms with Crippen molar-refractivity contribution in [2.75, 3.05) is 18.6 Å². The third kappa shape index (κ3) is 7.68. The molecule has 0 saturated carbocycles. The standard InChI is InChI=1S/C11H23NO2S/c1-4-5-6-10(11(13)14)12-7-9(2)8-15-3/h9-10,12H,4-8H2,1-3H3,(H,13,14). The largest absolute Gasteiger partial charge is 0.480 e. The van der Waals surface area contributed by atoms with E-state index in [2.05, 4.69) is 25.4 Å². The van der Waals surface area contributed by atoms with Gasteiger partial charge in [-0.1, -0.05) is 26.7 Å². The minimum Gasteiger partial charge on any atom is -0.480 e. The minimum atomic E-state index is -0.722. The zero-order chi connectivity index (χ0) is 11.7. The van der Waals surface area contributed by atoms with E-state index in [9.17, 15) is 4.79 Å². The molecular weight excluding hydrogens is 210 g/mol. The topological polar surface area (TPSA) is 49.3 Å². The molecule has 0 aromatic heterocycles. The van der Waals surface area contributed by atoms with Crippen LogP contribution in [0.5, 0.6) is 0 Å². The van der Waals surface area contributed by atoms with Crippen molar-refractivity contribution in [2.45, 2.75) is 39.2 Å². The Morgan fingerprint density at radius 2 is 2.20 bits per heavy atom. The number of rotatable bonds is 9. The highest BCUT2D eigenvalue weighted by atomic mass is 32.2. The maximum absolute atomic E-state index is 10.9. The number of hydrogen-bond donors (Lipinski definition) is 2. The summed E-state index contributed by atoms with van der Waals surface area (Å²) in [7, 11) is 0. The Hall–Kier alpha value is -0.220. The van der Waals surface area contributed by atoms with Crippen molar-refractivity contribution >= 4 is 17.7 Å².